The van der Waals surface area contributed by atoms with Gasteiger partial charge in [-0.1, -0.05) is 31.4 Å². The first-order valence-electron chi connectivity index (χ1n) is 11.7. The van der Waals surface area contributed by atoms with E-state index in [9.17, 15) is 14.7 Å². The van der Waals surface area contributed by atoms with Gasteiger partial charge in [0.15, 0.2) is 0 Å². The van der Waals surface area contributed by atoms with Crippen molar-refractivity contribution in [3.63, 3.8) is 0 Å². The number of fused-ring (bicyclic) bond motifs is 1. The summed E-state index contributed by atoms with van der Waals surface area (Å²) in [6.07, 6.45) is 10.6. The summed E-state index contributed by atoms with van der Waals surface area (Å²) < 4.78 is 3.31. The number of aliphatic hydroxyl groups excluding tert-OH is 1. The molecular formula is C26H27N5O3. The minimum Gasteiger partial charge on any atom is -0.391 e. The minimum atomic E-state index is -0.565. The van der Waals surface area contributed by atoms with E-state index in [1.165, 1.54) is 0 Å². The molecule has 0 unspecified atom stereocenters. The van der Waals surface area contributed by atoms with E-state index in [-0.39, 0.29) is 17.5 Å². The highest BCUT2D eigenvalue weighted by molar-refractivity contribution is 6.05. The summed E-state index contributed by atoms with van der Waals surface area (Å²) in [6.45, 7) is 0.315. The third kappa shape index (κ3) is 4.49. The number of hydrogen-bond acceptors (Lipinski definition) is 5. The Morgan fingerprint density at radius 3 is 2.68 bits per heavy atom. The molecule has 8 nitrogen and oxygen atoms in total. The average molecular weight is 458 g/mol. The van der Waals surface area contributed by atoms with E-state index in [4.69, 9.17) is 0 Å². The van der Waals surface area contributed by atoms with Gasteiger partial charge in [0, 0.05) is 24.8 Å². The van der Waals surface area contributed by atoms with E-state index in [1.54, 1.807) is 40.0 Å². The maximum absolute atomic E-state index is 13.3. The highest BCUT2D eigenvalue weighted by atomic mass is 16.3. The molecule has 1 aliphatic carbocycles. The van der Waals surface area contributed by atoms with Crippen LogP contribution in [0, 0.1) is 0 Å². The first-order chi connectivity index (χ1) is 16.6. The largest absolute Gasteiger partial charge is 0.391 e. The lowest BCUT2D eigenvalue weighted by Crippen LogP contribution is -2.43. The van der Waals surface area contributed by atoms with Gasteiger partial charge in [0.2, 0.25) is 0 Å². The SMILES string of the molecule is O=C(N[C@H]1CCCCC[C@@H]1O)c1cn(Cc2ccc(-n3cccn3)cc2)c(=O)c2cccnc12. The number of rotatable bonds is 5. The van der Waals surface area contributed by atoms with E-state index in [0.29, 0.717) is 29.4 Å². The summed E-state index contributed by atoms with van der Waals surface area (Å²) in [5, 5.41) is 18.1. The predicted molar refractivity (Wildman–Crippen MR) is 129 cm³/mol. The molecule has 1 fully saturated rings. The topological polar surface area (TPSA) is 102 Å². The number of carbonyl (C=O) groups excluding carboxylic acids is 1. The molecule has 0 radical (unpaired) electrons. The Morgan fingerprint density at radius 1 is 1.06 bits per heavy atom. The first-order valence-corrected chi connectivity index (χ1v) is 11.7. The van der Waals surface area contributed by atoms with Gasteiger partial charge in [0.25, 0.3) is 11.5 Å². The Bertz CT molecular complexity index is 1350. The number of nitrogens with one attached hydrogen (secondary N) is 1. The summed E-state index contributed by atoms with van der Waals surface area (Å²) >= 11 is 0. The highest BCUT2D eigenvalue weighted by Crippen LogP contribution is 2.20. The van der Waals surface area contributed by atoms with Crippen LogP contribution >= 0.6 is 0 Å². The Hall–Kier alpha value is -3.78. The van der Waals surface area contributed by atoms with Crippen LogP contribution in [0.15, 0.2) is 72.0 Å². The smallest absolute Gasteiger partial charge is 0.260 e. The van der Waals surface area contributed by atoms with Crippen molar-refractivity contribution in [1.29, 1.82) is 0 Å². The summed E-state index contributed by atoms with van der Waals surface area (Å²) in [7, 11) is 0. The van der Waals surface area contributed by atoms with Gasteiger partial charge in [-0.15, -0.1) is 0 Å². The molecule has 1 aliphatic rings. The third-order valence-corrected chi connectivity index (χ3v) is 6.44. The minimum absolute atomic E-state index is 0.203. The number of benzene rings is 1. The van der Waals surface area contributed by atoms with Crippen molar-refractivity contribution in [2.75, 3.05) is 0 Å². The molecule has 0 aliphatic heterocycles. The molecule has 174 valence electrons. The lowest BCUT2D eigenvalue weighted by Gasteiger charge is -2.22. The molecule has 0 saturated heterocycles. The first kappa shape index (κ1) is 22.0. The second-order valence-corrected chi connectivity index (χ2v) is 8.78. The molecule has 1 saturated carbocycles. The summed E-state index contributed by atoms with van der Waals surface area (Å²) in [5.74, 6) is -0.322. The van der Waals surface area contributed by atoms with Crippen LogP contribution in [0.3, 0.4) is 0 Å². The Kier molecular flexibility index (Phi) is 6.22. The zero-order valence-electron chi connectivity index (χ0n) is 18.8. The third-order valence-electron chi connectivity index (χ3n) is 6.44. The molecule has 5 rings (SSSR count). The van der Waals surface area contributed by atoms with E-state index < -0.39 is 6.10 Å². The fourth-order valence-corrected chi connectivity index (χ4v) is 4.58. The van der Waals surface area contributed by atoms with Gasteiger partial charge in [0.05, 0.1) is 40.8 Å². The molecule has 1 aromatic carbocycles. The zero-order chi connectivity index (χ0) is 23.5. The van der Waals surface area contributed by atoms with Crippen molar-refractivity contribution in [2.45, 2.75) is 50.8 Å². The maximum Gasteiger partial charge on any atom is 0.260 e. The van der Waals surface area contributed by atoms with E-state index in [2.05, 4.69) is 15.4 Å². The van der Waals surface area contributed by atoms with E-state index in [1.807, 2.05) is 36.5 Å². The standard InChI is InChI=1S/C26H27N5O3/c32-23-8-3-1-2-7-22(23)29-25(33)21-17-30(26(34)20-6-4-13-27-24(20)21)16-18-9-11-19(12-10-18)31-15-5-14-28-31/h4-6,9-15,17,22-23,32H,1-3,7-8,16H2,(H,29,33)/t22-,23-/m0/s1. The van der Waals surface area contributed by atoms with Crippen molar-refractivity contribution in [3.05, 3.63) is 88.7 Å². The molecule has 1 amide bonds. The van der Waals surface area contributed by atoms with Crippen LogP contribution in [0.5, 0.6) is 0 Å². The predicted octanol–water partition coefficient (Wildman–Crippen LogP) is 3.05. The van der Waals surface area contributed by atoms with Gasteiger partial charge in [-0.05, 0) is 48.7 Å². The van der Waals surface area contributed by atoms with Crippen LogP contribution < -0.4 is 10.9 Å². The van der Waals surface area contributed by atoms with Crippen LogP contribution in [0.4, 0.5) is 0 Å². The lowest BCUT2D eigenvalue weighted by molar-refractivity contribution is 0.0819. The quantitative estimate of drug-likeness (QED) is 0.449. The van der Waals surface area contributed by atoms with Gasteiger partial charge < -0.3 is 15.0 Å². The number of aromatic nitrogens is 4. The molecule has 3 aromatic heterocycles. The van der Waals surface area contributed by atoms with Crippen molar-refractivity contribution >= 4 is 16.8 Å². The number of amides is 1. The van der Waals surface area contributed by atoms with Crippen LogP contribution in [0.2, 0.25) is 0 Å². The van der Waals surface area contributed by atoms with Gasteiger partial charge in [-0.25, -0.2) is 4.68 Å². The molecule has 0 bridgehead atoms. The zero-order valence-corrected chi connectivity index (χ0v) is 18.8. The normalized spacial score (nSPS) is 18.5. The van der Waals surface area contributed by atoms with E-state index in [0.717, 1.165) is 36.9 Å². The van der Waals surface area contributed by atoms with Crippen LogP contribution in [0.1, 0.15) is 48.0 Å². The average Bonchev–Trinajstić information content (AvgIpc) is 3.32. The lowest BCUT2D eigenvalue weighted by atomic mass is 10.0. The Labute approximate surface area is 196 Å². The van der Waals surface area contributed by atoms with Gasteiger partial charge in [-0.3, -0.25) is 14.6 Å². The Morgan fingerprint density at radius 2 is 1.88 bits per heavy atom. The van der Waals surface area contributed by atoms with Gasteiger partial charge >= 0.3 is 0 Å². The second-order valence-electron chi connectivity index (χ2n) is 8.78. The number of hydrogen-bond donors (Lipinski definition) is 2. The van der Waals surface area contributed by atoms with Crippen LogP contribution in [-0.4, -0.2) is 42.5 Å². The summed E-state index contributed by atoms with van der Waals surface area (Å²) in [4.78, 5) is 30.8. The summed E-state index contributed by atoms with van der Waals surface area (Å²) in [5.41, 5.74) is 2.35. The molecular weight excluding hydrogens is 430 g/mol. The second kappa shape index (κ2) is 9.61. The number of carbonyl (C=O) groups is 1. The number of nitrogens with zero attached hydrogens (tertiary/aromatic N) is 4. The molecule has 0 spiro atoms. The van der Waals surface area contributed by atoms with Crippen molar-refractivity contribution in [2.24, 2.45) is 0 Å². The Balaban J connectivity index is 1.46. The monoisotopic (exact) mass is 457 g/mol. The van der Waals surface area contributed by atoms with Crippen LogP contribution in [0.25, 0.3) is 16.6 Å². The molecule has 4 aromatic rings. The molecule has 8 heteroatoms. The number of pyridine rings is 2. The number of aliphatic hydroxyl groups is 1. The van der Waals surface area contributed by atoms with Gasteiger partial charge in [0.1, 0.15) is 0 Å². The molecule has 2 atom stereocenters. The maximum atomic E-state index is 13.3. The van der Waals surface area contributed by atoms with Crippen molar-refractivity contribution in [3.8, 4) is 5.69 Å². The molecule has 34 heavy (non-hydrogen) atoms. The van der Waals surface area contributed by atoms with Crippen molar-refractivity contribution in [1.82, 2.24) is 24.6 Å². The molecule has 2 N–H and O–H groups in total. The highest BCUT2D eigenvalue weighted by Gasteiger charge is 2.25. The van der Waals surface area contributed by atoms with Crippen molar-refractivity contribution < 1.29 is 9.90 Å². The van der Waals surface area contributed by atoms with Gasteiger partial charge in [-0.2, -0.15) is 5.10 Å². The molecule has 3 heterocycles. The fourth-order valence-electron chi connectivity index (χ4n) is 4.58. The van der Waals surface area contributed by atoms with Crippen LogP contribution in [-0.2, 0) is 6.54 Å². The van der Waals surface area contributed by atoms with E-state index >= 15 is 0 Å². The summed E-state index contributed by atoms with van der Waals surface area (Å²) in [6, 6.07) is 12.7. The fraction of sp³-hybridized carbons (Fsp3) is 0.308.